The van der Waals surface area contributed by atoms with Crippen LogP contribution < -0.4 is 14.8 Å². The maximum atomic E-state index is 10.0. The Bertz CT molecular complexity index is 401. The molecule has 2 N–H and O–H groups in total. The molecule has 0 radical (unpaired) electrons. The second-order valence-corrected chi connectivity index (χ2v) is 4.66. The lowest BCUT2D eigenvalue weighted by molar-refractivity contribution is 0.172. The molecule has 0 aliphatic heterocycles. The van der Waals surface area contributed by atoms with Gasteiger partial charge >= 0.3 is 0 Å². The molecule has 17 heavy (non-hydrogen) atoms. The number of ether oxygens (including phenoxy) is 2. The van der Waals surface area contributed by atoms with Crippen molar-refractivity contribution in [2.75, 3.05) is 27.8 Å². The molecule has 0 spiro atoms. The van der Waals surface area contributed by atoms with E-state index in [1.165, 1.54) is 14.2 Å². The smallest absolute Gasteiger partial charge is 0.175 e. The highest BCUT2D eigenvalue weighted by molar-refractivity contribution is 9.10. The number of likely N-dealkylation sites (N-methyl/N-ethyl adjacent to an activating group) is 1. The fourth-order valence-corrected chi connectivity index (χ4v) is 2.62. The van der Waals surface area contributed by atoms with Crippen LogP contribution in [-0.2, 0) is 0 Å². The third kappa shape index (κ3) is 3.04. The van der Waals surface area contributed by atoms with Gasteiger partial charge in [-0.15, -0.1) is 0 Å². The Kier molecular flexibility index (Phi) is 5.52. The van der Waals surface area contributed by atoms with Gasteiger partial charge in [0.2, 0.25) is 0 Å². The van der Waals surface area contributed by atoms with Gasteiger partial charge in [0, 0.05) is 12.1 Å². The molecule has 96 valence electrons. The van der Waals surface area contributed by atoms with Crippen molar-refractivity contribution in [3.8, 4) is 11.5 Å². The van der Waals surface area contributed by atoms with E-state index in [-0.39, 0.29) is 0 Å². The quantitative estimate of drug-likeness (QED) is 0.873. The Morgan fingerprint density at radius 2 is 2.00 bits per heavy atom. The van der Waals surface area contributed by atoms with E-state index < -0.39 is 6.10 Å². The Balaban J connectivity index is 3.36. The van der Waals surface area contributed by atoms with Crippen molar-refractivity contribution in [1.29, 1.82) is 0 Å². The number of aliphatic hydroxyl groups excluding tert-OH is 1. The molecule has 0 aliphatic carbocycles. The van der Waals surface area contributed by atoms with Gasteiger partial charge in [0.05, 0.1) is 29.8 Å². The van der Waals surface area contributed by atoms with Gasteiger partial charge in [-0.2, -0.15) is 0 Å². The lowest BCUT2D eigenvalue weighted by Gasteiger charge is -2.19. The molecular weight excluding hydrogens is 309 g/mol. The number of halogens is 2. The van der Waals surface area contributed by atoms with E-state index in [2.05, 4.69) is 21.2 Å². The molecule has 6 heteroatoms. The summed E-state index contributed by atoms with van der Waals surface area (Å²) in [4.78, 5) is 0. The van der Waals surface area contributed by atoms with Gasteiger partial charge in [-0.3, -0.25) is 0 Å². The Morgan fingerprint density at radius 1 is 1.41 bits per heavy atom. The van der Waals surface area contributed by atoms with E-state index in [1.807, 2.05) is 0 Å². The minimum absolute atomic E-state index is 0.376. The van der Waals surface area contributed by atoms with E-state index in [1.54, 1.807) is 13.1 Å². The maximum absolute atomic E-state index is 10.0. The van der Waals surface area contributed by atoms with Gasteiger partial charge in [-0.05, 0) is 29.0 Å². The van der Waals surface area contributed by atoms with Crippen molar-refractivity contribution in [1.82, 2.24) is 5.32 Å². The van der Waals surface area contributed by atoms with Crippen molar-refractivity contribution in [2.24, 2.45) is 0 Å². The number of benzene rings is 1. The first-order valence-electron chi connectivity index (χ1n) is 4.99. The van der Waals surface area contributed by atoms with Crippen LogP contribution in [0.1, 0.15) is 11.7 Å². The zero-order valence-corrected chi connectivity index (χ0v) is 12.2. The average Bonchev–Trinajstić information content (AvgIpc) is 2.28. The van der Waals surface area contributed by atoms with E-state index in [0.717, 1.165) is 0 Å². The summed E-state index contributed by atoms with van der Waals surface area (Å²) in [5.41, 5.74) is 0.517. The predicted molar refractivity (Wildman–Crippen MR) is 71.1 cm³/mol. The Hall–Kier alpha value is -0.490. The van der Waals surface area contributed by atoms with Crippen molar-refractivity contribution < 1.29 is 14.6 Å². The summed E-state index contributed by atoms with van der Waals surface area (Å²) in [6, 6.07) is 1.68. The van der Waals surface area contributed by atoms with E-state index in [9.17, 15) is 5.11 Å². The van der Waals surface area contributed by atoms with Crippen LogP contribution in [0.2, 0.25) is 5.02 Å². The summed E-state index contributed by atoms with van der Waals surface area (Å²) in [5, 5.41) is 13.3. The molecule has 0 aliphatic rings. The summed E-state index contributed by atoms with van der Waals surface area (Å²) >= 11 is 9.45. The van der Waals surface area contributed by atoms with Gasteiger partial charge in [0.15, 0.2) is 11.5 Å². The lowest BCUT2D eigenvalue weighted by atomic mass is 10.1. The second-order valence-electron chi connectivity index (χ2n) is 3.39. The minimum atomic E-state index is -0.760. The first-order chi connectivity index (χ1) is 8.06. The Morgan fingerprint density at radius 3 is 2.47 bits per heavy atom. The van der Waals surface area contributed by atoms with Gasteiger partial charge in [0.25, 0.3) is 0 Å². The molecule has 0 bridgehead atoms. The topological polar surface area (TPSA) is 50.7 Å². The van der Waals surface area contributed by atoms with Crippen LogP contribution in [0.4, 0.5) is 0 Å². The zero-order chi connectivity index (χ0) is 13.0. The summed E-state index contributed by atoms with van der Waals surface area (Å²) in [6.07, 6.45) is -0.760. The average molecular weight is 325 g/mol. The van der Waals surface area contributed by atoms with Crippen molar-refractivity contribution in [3.05, 3.63) is 21.1 Å². The van der Waals surface area contributed by atoms with Gasteiger partial charge in [-0.25, -0.2) is 0 Å². The number of rotatable bonds is 5. The summed E-state index contributed by atoms with van der Waals surface area (Å²) in [7, 11) is 4.79. The minimum Gasteiger partial charge on any atom is -0.492 e. The van der Waals surface area contributed by atoms with Crippen LogP contribution in [0.5, 0.6) is 11.5 Å². The molecule has 1 atom stereocenters. The van der Waals surface area contributed by atoms with Crippen LogP contribution >= 0.6 is 27.5 Å². The lowest BCUT2D eigenvalue weighted by Crippen LogP contribution is -2.18. The predicted octanol–water partition coefficient (Wildman–Crippen LogP) is 2.37. The van der Waals surface area contributed by atoms with Gasteiger partial charge in [-0.1, -0.05) is 11.6 Å². The number of aliphatic hydroxyl groups is 1. The van der Waals surface area contributed by atoms with E-state index in [4.69, 9.17) is 21.1 Å². The summed E-state index contributed by atoms with van der Waals surface area (Å²) < 4.78 is 11.2. The van der Waals surface area contributed by atoms with Crippen molar-refractivity contribution in [2.45, 2.75) is 6.10 Å². The fourth-order valence-electron chi connectivity index (χ4n) is 1.59. The number of hydrogen-bond acceptors (Lipinski definition) is 4. The molecular formula is C11H15BrClNO3. The van der Waals surface area contributed by atoms with Crippen LogP contribution in [-0.4, -0.2) is 32.9 Å². The molecule has 0 saturated carbocycles. The summed E-state index contributed by atoms with van der Waals surface area (Å²) in [5.74, 6) is 0.955. The summed E-state index contributed by atoms with van der Waals surface area (Å²) in [6.45, 7) is 0.376. The van der Waals surface area contributed by atoms with Crippen LogP contribution in [0.3, 0.4) is 0 Å². The molecule has 0 amide bonds. The highest BCUT2D eigenvalue weighted by Gasteiger charge is 2.22. The first-order valence-corrected chi connectivity index (χ1v) is 6.16. The molecule has 4 nitrogen and oxygen atoms in total. The van der Waals surface area contributed by atoms with E-state index >= 15 is 0 Å². The van der Waals surface area contributed by atoms with E-state index in [0.29, 0.717) is 33.1 Å². The SMILES string of the molecule is CNCC(O)c1c(Cl)cc(Br)c(OC)c1OC. The number of hydrogen-bond donors (Lipinski definition) is 2. The van der Waals surface area contributed by atoms with Crippen molar-refractivity contribution in [3.63, 3.8) is 0 Å². The molecule has 0 saturated heterocycles. The fraction of sp³-hybridized carbons (Fsp3) is 0.455. The first kappa shape index (κ1) is 14.6. The molecule has 0 heterocycles. The molecule has 1 aromatic rings. The Labute approximate surface area is 114 Å². The van der Waals surface area contributed by atoms with Gasteiger partial charge in [0.1, 0.15) is 0 Å². The highest BCUT2D eigenvalue weighted by atomic mass is 79.9. The molecule has 1 aromatic carbocycles. The van der Waals surface area contributed by atoms with Crippen molar-refractivity contribution >= 4 is 27.5 Å². The second kappa shape index (κ2) is 6.44. The molecule has 0 aromatic heterocycles. The normalized spacial score (nSPS) is 12.4. The number of methoxy groups -OCH3 is 2. The molecule has 1 rings (SSSR count). The largest absolute Gasteiger partial charge is 0.492 e. The third-order valence-electron chi connectivity index (χ3n) is 2.32. The molecule has 1 unspecified atom stereocenters. The van der Waals surface area contributed by atoms with Crippen LogP contribution in [0.25, 0.3) is 0 Å². The highest BCUT2D eigenvalue weighted by Crippen LogP contribution is 2.44. The zero-order valence-electron chi connectivity index (χ0n) is 9.88. The standard InChI is InChI=1S/C11H15BrClNO3/c1-14-5-8(15)9-7(13)4-6(12)10(16-2)11(9)17-3/h4,8,14-15H,5H2,1-3H3. The van der Waals surface area contributed by atoms with Crippen LogP contribution in [0, 0.1) is 0 Å². The number of nitrogens with one attached hydrogen (secondary N) is 1. The monoisotopic (exact) mass is 323 g/mol. The third-order valence-corrected chi connectivity index (χ3v) is 3.22. The maximum Gasteiger partial charge on any atom is 0.175 e. The van der Waals surface area contributed by atoms with Gasteiger partial charge < -0.3 is 19.9 Å². The molecule has 0 fully saturated rings. The van der Waals surface area contributed by atoms with Crippen LogP contribution in [0.15, 0.2) is 10.5 Å².